The zero-order chi connectivity index (χ0) is 17.9. The van der Waals surface area contributed by atoms with E-state index in [2.05, 4.69) is 30.0 Å². The fourth-order valence-corrected chi connectivity index (χ4v) is 4.06. The summed E-state index contributed by atoms with van der Waals surface area (Å²) in [6, 6.07) is 9.99. The Kier molecular flexibility index (Phi) is 5.75. The first-order chi connectivity index (χ1) is 12.0. The van der Waals surface area contributed by atoms with Crippen LogP contribution in [-0.4, -0.2) is 67.5 Å². The number of piperidine rings is 1. The molecule has 2 atom stereocenters. The molecule has 0 unspecified atom stereocenters. The van der Waals surface area contributed by atoms with Gasteiger partial charge in [0, 0.05) is 24.9 Å². The number of likely N-dealkylation sites (N-methyl/N-ethyl adjacent to an activating group) is 1. The lowest BCUT2D eigenvalue weighted by Crippen LogP contribution is -2.62. The van der Waals surface area contributed by atoms with E-state index in [9.17, 15) is 5.11 Å². The fraction of sp³-hybridized carbons (Fsp3) is 0.650. The van der Waals surface area contributed by atoms with E-state index < -0.39 is 0 Å². The van der Waals surface area contributed by atoms with E-state index in [1.165, 1.54) is 5.56 Å². The quantitative estimate of drug-likeness (QED) is 0.854. The Labute approximate surface area is 150 Å². The van der Waals surface area contributed by atoms with E-state index in [0.29, 0.717) is 5.56 Å². The fourth-order valence-electron chi connectivity index (χ4n) is 4.06. The highest BCUT2D eigenvalue weighted by atomic mass is 16.5. The van der Waals surface area contributed by atoms with Crippen molar-refractivity contribution >= 4 is 0 Å². The number of nitrogens with zero attached hydrogens (tertiary/aromatic N) is 3. The number of rotatable bonds is 6. The summed E-state index contributed by atoms with van der Waals surface area (Å²) in [6.07, 6.45) is 2.77. The maximum atomic E-state index is 10.4. The largest absolute Gasteiger partial charge is 0.392 e. The molecule has 1 aromatic carbocycles. The molecule has 2 fully saturated rings. The van der Waals surface area contributed by atoms with Gasteiger partial charge in [-0.15, -0.1) is 0 Å². The molecule has 25 heavy (non-hydrogen) atoms. The van der Waals surface area contributed by atoms with Crippen molar-refractivity contribution in [1.29, 1.82) is 5.26 Å². The summed E-state index contributed by atoms with van der Waals surface area (Å²) >= 11 is 0. The third-order valence-corrected chi connectivity index (χ3v) is 5.88. The Bertz CT molecular complexity index is 600. The van der Waals surface area contributed by atoms with Crippen LogP contribution in [0.5, 0.6) is 0 Å². The molecule has 136 valence electrons. The van der Waals surface area contributed by atoms with Gasteiger partial charge in [0.15, 0.2) is 0 Å². The molecule has 1 saturated carbocycles. The molecule has 1 heterocycles. The molecule has 1 aromatic rings. The maximum absolute atomic E-state index is 10.4. The summed E-state index contributed by atoms with van der Waals surface area (Å²) in [7, 11) is 4.10. The average molecular weight is 343 g/mol. The second-order valence-corrected chi connectivity index (χ2v) is 7.73. The highest BCUT2D eigenvalue weighted by Crippen LogP contribution is 2.51. The van der Waals surface area contributed by atoms with Crippen LogP contribution in [0, 0.1) is 16.7 Å². The summed E-state index contributed by atoms with van der Waals surface area (Å²) in [5, 5.41) is 19.3. The number of ether oxygens (including phenoxy) is 1. The second-order valence-electron chi connectivity index (χ2n) is 7.73. The monoisotopic (exact) mass is 343 g/mol. The Morgan fingerprint density at radius 3 is 2.52 bits per heavy atom. The molecule has 1 saturated heterocycles. The lowest BCUT2D eigenvalue weighted by molar-refractivity contribution is -0.212. The van der Waals surface area contributed by atoms with Gasteiger partial charge in [0.25, 0.3) is 0 Å². The smallest absolute Gasteiger partial charge is 0.0991 e. The van der Waals surface area contributed by atoms with Crippen molar-refractivity contribution in [3.8, 4) is 6.07 Å². The number of hydrogen-bond acceptors (Lipinski definition) is 5. The molecular weight excluding hydrogens is 314 g/mol. The molecule has 0 aromatic heterocycles. The van der Waals surface area contributed by atoms with E-state index in [1.807, 2.05) is 24.3 Å². The minimum atomic E-state index is -0.214. The molecular formula is C20H29N3O2. The van der Waals surface area contributed by atoms with Crippen LogP contribution in [0.4, 0.5) is 0 Å². The van der Waals surface area contributed by atoms with Crippen molar-refractivity contribution in [3.63, 3.8) is 0 Å². The zero-order valence-corrected chi connectivity index (χ0v) is 15.3. The summed E-state index contributed by atoms with van der Waals surface area (Å²) in [5.74, 6) is 0. The van der Waals surface area contributed by atoms with Gasteiger partial charge in [-0.25, -0.2) is 0 Å². The number of nitriles is 1. The predicted octanol–water partition coefficient (Wildman–Crippen LogP) is 1.85. The van der Waals surface area contributed by atoms with Crippen LogP contribution in [0.2, 0.25) is 0 Å². The van der Waals surface area contributed by atoms with Crippen molar-refractivity contribution in [2.24, 2.45) is 5.41 Å². The molecule has 5 heteroatoms. The van der Waals surface area contributed by atoms with E-state index in [-0.39, 0.29) is 17.6 Å². The van der Waals surface area contributed by atoms with Crippen molar-refractivity contribution in [2.45, 2.75) is 38.0 Å². The Morgan fingerprint density at radius 2 is 1.96 bits per heavy atom. The van der Waals surface area contributed by atoms with Crippen LogP contribution >= 0.6 is 0 Å². The number of benzene rings is 1. The molecule has 0 bridgehead atoms. The predicted molar refractivity (Wildman–Crippen MR) is 97.0 cm³/mol. The van der Waals surface area contributed by atoms with E-state index in [1.54, 1.807) is 0 Å². The van der Waals surface area contributed by atoms with Crippen LogP contribution in [0.1, 0.15) is 30.4 Å². The highest BCUT2D eigenvalue weighted by molar-refractivity contribution is 5.31. The third kappa shape index (κ3) is 4.04. The van der Waals surface area contributed by atoms with Crippen LogP contribution in [0.25, 0.3) is 0 Å². The van der Waals surface area contributed by atoms with Crippen molar-refractivity contribution < 1.29 is 9.84 Å². The number of aliphatic hydroxyl groups is 1. The molecule has 0 amide bonds. The van der Waals surface area contributed by atoms with E-state index >= 15 is 0 Å². The van der Waals surface area contributed by atoms with Gasteiger partial charge in [0.05, 0.1) is 30.4 Å². The lowest BCUT2D eigenvalue weighted by Gasteiger charge is -2.56. The SMILES string of the molecule is CN(C)CCO[C@H]1C[C@@H](O)C12CCN(Cc1ccc(C#N)cc1)CC2. The minimum Gasteiger partial charge on any atom is -0.392 e. The minimum absolute atomic E-state index is 0.0342. The molecule has 0 radical (unpaired) electrons. The third-order valence-electron chi connectivity index (χ3n) is 5.88. The first kappa shape index (κ1) is 18.3. The van der Waals surface area contributed by atoms with Gasteiger partial charge in [-0.1, -0.05) is 12.1 Å². The van der Waals surface area contributed by atoms with Gasteiger partial charge in [-0.05, 0) is 57.7 Å². The van der Waals surface area contributed by atoms with E-state index in [4.69, 9.17) is 10.00 Å². The first-order valence-electron chi connectivity index (χ1n) is 9.19. The number of likely N-dealkylation sites (tertiary alicyclic amines) is 1. The zero-order valence-electron chi connectivity index (χ0n) is 15.3. The van der Waals surface area contributed by atoms with Crippen LogP contribution < -0.4 is 0 Å². The first-order valence-corrected chi connectivity index (χ1v) is 9.19. The molecule has 5 nitrogen and oxygen atoms in total. The van der Waals surface area contributed by atoms with Crippen LogP contribution in [0.3, 0.4) is 0 Å². The molecule has 1 aliphatic heterocycles. The summed E-state index contributed by atoms with van der Waals surface area (Å²) < 4.78 is 6.08. The Balaban J connectivity index is 1.50. The maximum Gasteiger partial charge on any atom is 0.0991 e. The average Bonchev–Trinajstić information content (AvgIpc) is 2.62. The van der Waals surface area contributed by atoms with Gasteiger partial charge < -0.3 is 14.7 Å². The molecule has 1 N–H and O–H groups in total. The van der Waals surface area contributed by atoms with Crippen LogP contribution in [-0.2, 0) is 11.3 Å². The van der Waals surface area contributed by atoms with Gasteiger partial charge >= 0.3 is 0 Å². The van der Waals surface area contributed by atoms with E-state index in [0.717, 1.165) is 52.0 Å². The molecule has 3 rings (SSSR count). The van der Waals surface area contributed by atoms with Gasteiger partial charge in [-0.2, -0.15) is 5.26 Å². The second kappa shape index (κ2) is 7.84. The number of hydrogen-bond donors (Lipinski definition) is 1. The van der Waals surface area contributed by atoms with Crippen LogP contribution in [0.15, 0.2) is 24.3 Å². The Hall–Kier alpha value is -1.45. The molecule has 1 spiro atoms. The topological polar surface area (TPSA) is 59.7 Å². The molecule has 2 aliphatic rings. The summed E-state index contributed by atoms with van der Waals surface area (Å²) in [6.45, 7) is 4.55. The Morgan fingerprint density at radius 1 is 1.28 bits per heavy atom. The van der Waals surface area contributed by atoms with Gasteiger partial charge in [0.1, 0.15) is 0 Å². The normalized spacial score (nSPS) is 25.7. The van der Waals surface area contributed by atoms with Crippen molar-refractivity contribution in [2.75, 3.05) is 40.3 Å². The standard InChI is InChI=1S/C20H29N3O2/c1-22(2)11-12-25-19-13-18(24)20(19)7-9-23(10-8-20)15-17-5-3-16(14-21)4-6-17/h3-6,18-19,24H,7-13,15H2,1-2H3/t18-,19+/m1/s1. The summed E-state index contributed by atoms with van der Waals surface area (Å²) in [5.41, 5.74) is 1.91. The number of aliphatic hydroxyl groups excluding tert-OH is 1. The van der Waals surface area contributed by atoms with Crippen molar-refractivity contribution in [1.82, 2.24) is 9.80 Å². The lowest BCUT2D eigenvalue weighted by atomic mass is 9.58. The van der Waals surface area contributed by atoms with Gasteiger partial charge in [-0.3, -0.25) is 4.90 Å². The van der Waals surface area contributed by atoms with Gasteiger partial charge in [0.2, 0.25) is 0 Å². The molecule has 1 aliphatic carbocycles. The summed E-state index contributed by atoms with van der Waals surface area (Å²) in [4.78, 5) is 4.57. The van der Waals surface area contributed by atoms with Crippen molar-refractivity contribution in [3.05, 3.63) is 35.4 Å². The highest BCUT2D eigenvalue weighted by Gasteiger charge is 2.55.